The Hall–Kier alpha value is -0.980. The first-order chi connectivity index (χ1) is 7.63. The lowest BCUT2D eigenvalue weighted by Gasteiger charge is -2.08. The summed E-state index contributed by atoms with van der Waals surface area (Å²) in [6.07, 6.45) is 0. The zero-order chi connectivity index (χ0) is 11.7. The van der Waals surface area contributed by atoms with E-state index < -0.39 is 0 Å². The molecule has 0 aliphatic carbocycles. The molecule has 0 saturated carbocycles. The molecule has 0 saturated heterocycles. The largest absolute Gasteiger partial charge is 0.308 e. The zero-order valence-corrected chi connectivity index (χ0v) is 11.3. The smallest absolute Gasteiger partial charge is 0.173 e. The highest BCUT2D eigenvalue weighted by atomic mass is 79.9. The predicted octanol–water partition coefficient (Wildman–Crippen LogP) is 2.87. The quantitative estimate of drug-likeness (QED) is 0.661. The molecular formula is C10H11BrN4S. The Bertz CT molecular complexity index is 524. The molecule has 0 atom stereocenters. The molecule has 0 radical (unpaired) electrons. The van der Waals surface area contributed by atoms with Gasteiger partial charge < -0.3 is 5.43 Å². The van der Waals surface area contributed by atoms with E-state index in [2.05, 4.69) is 31.3 Å². The third-order valence-corrected chi connectivity index (χ3v) is 4.18. The van der Waals surface area contributed by atoms with E-state index in [0.717, 1.165) is 20.6 Å². The first-order valence-electron chi connectivity index (χ1n) is 4.68. The maximum atomic E-state index is 5.43. The molecule has 0 fully saturated rings. The molecule has 0 aliphatic heterocycles. The van der Waals surface area contributed by atoms with Crippen molar-refractivity contribution in [1.82, 2.24) is 9.97 Å². The Morgan fingerprint density at radius 2 is 2.12 bits per heavy atom. The van der Waals surface area contributed by atoms with Crippen molar-refractivity contribution < 1.29 is 0 Å². The first-order valence-corrected chi connectivity index (χ1v) is 6.36. The van der Waals surface area contributed by atoms with Crippen LogP contribution in [0, 0.1) is 13.8 Å². The molecule has 0 aromatic carbocycles. The fourth-order valence-electron chi connectivity index (χ4n) is 1.32. The fraction of sp³-hybridized carbons (Fsp3) is 0.200. The van der Waals surface area contributed by atoms with Crippen molar-refractivity contribution in [2.75, 3.05) is 5.43 Å². The number of hydrogen-bond donors (Lipinski definition) is 2. The summed E-state index contributed by atoms with van der Waals surface area (Å²) in [7, 11) is 0. The van der Waals surface area contributed by atoms with Gasteiger partial charge in [-0.3, -0.25) is 0 Å². The van der Waals surface area contributed by atoms with Crippen LogP contribution in [0.5, 0.6) is 0 Å². The summed E-state index contributed by atoms with van der Waals surface area (Å²) < 4.78 is 1.00. The van der Waals surface area contributed by atoms with Crippen LogP contribution in [0.2, 0.25) is 0 Å². The summed E-state index contributed by atoms with van der Waals surface area (Å²) in [6, 6.07) is 1.98. The predicted molar refractivity (Wildman–Crippen MR) is 70.3 cm³/mol. The highest BCUT2D eigenvalue weighted by Crippen LogP contribution is 2.32. The van der Waals surface area contributed by atoms with Crippen molar-refractivity contribution in [3.8, 4) is 10.7 Å². The number of thiophene rings is 1. The van der Waals surface area contributed by atoms with E-state index in [4.69, 9.17) is 5.84 Å². The van der Waals surface area contributed by atoms with Crippen molar-refractivity contribution in [3.05, 3.63) is 27.2 Å². The van der Waals surface area contributed by atoms with Gasteiger partial charge in [-0.1, -0.05) is 0 Å². The van der Waals surface area contributed by atoms with Gasteiger partial charge in [0, 0.05) is 15.7 Å². The highest BCUT2D eigenvalue weighted by Gasteiger charge is 2.12. The molecule has 6 heteroatoms. The summed E-state index contributed by atoms with van der Waals surface area (Å²) in [5.41, 5.74) is 4.50. The minimum Gasteiger partial charge on any atom is -0.308 e. The average Bonchev–Trinajstić information content (AvgIpc) is 2.68. The van der Waals surface area contributed by atoms with Gasteiger partial charge in [0.25, 0.3) is 0 Å². The maximum absolute atomic E-state index is 5.43. The van der Waals surface area contributed by atoms with Crippen LogP contribution in [-0.4, -0.2) is 9.97 Å². The molecule has 0 amide bonds. The van der Waals surface area contributed by atoms with Gasteiger partial charge in [-0.05, 0) is 41.2 Å². The molecule has 16 heavy (non-hydrogen) atoms. The second-order valence-corrected chi connectivity index (χ2v) is 5.12. The van der Waals surface area contributed by atoms with E-state index >= 15 is 0 Å². The molecule has 0 aliphatic rings. The molecule has 2 heterocycles. The Balaban J connectivity index is 2.59. The maximum Gasteiger partial charge on any atom is 0.173 e. The van der Waals surface area contributed by atoms with Crippen LogP contribution in [0.3, 0.4) is 0 Å². The molecule has 3 N–H and O–H groups in total. The zero-order valence-electron chi connectivity index (χ0n) is 8.91. The van der Waals surface area contributed by atoms with Crippen molar-refractivity contribution in [2.45, 2.75) is 13.8 Å². The third-order valence-electron chi connectivity index (χ3n) is 2.35. The van der Waals surface area contributed by atoms with Gasteiger partial charge in [-0.2, -0.15) is 0 Å². The molecule has 2 aromatic rings. The van der Waals surface area contributed by atoms with Crippen molar-refractivity contribution in [1.29, 1.82) is 0 Å². The number of nitrogens with one attached hydrogen (secondary N) is 1. The van der Waals surface area contributed by atoms with Gasteiger partial charge in [0.05, 0.1) is 4.88 Å². The monoisotopic (exact) mass is 298 g/mol. The lowest BCUT2D eigenvalue weighted by molar-refractivity contribution is 1.06. The first kappa shape index (κ1) is 11.5. The van der Waals surface area contributed by atoms with E-state index in [1.807, 2.05) is 25.3 Å². The van der Waals surface area contributed by atoms with E-state index in [9.17, 15) is 0 Å². The lowest BCUT2D eigenvalue weighted by atomic mass is 10.2. The number of nitrogens with zero attached hydrogens (tertiary/aromatic N) is 2. The van der Waals surface area contributed by atoms with Gasteiger partial charge in [0.1, 0.15) is 5.82 Å². The number of hydrazine groups is 1. The van der Waals surface area contributed by atoms with Crippen LogP contribution in [0.4, 0.5) is 5.82 Å². The molecule has 0 unspecified atom stereocenters. The van der Waals surface area contributed by atoms with Crippen LogP contribution in [-0.2, 0) is 0 Å². The normalized spacial score (nSPS) is 10.5. The highest BCUT2D eigenvalue weighted by molar-refractivity contribution is 9.10. The van der Waals surface area contributed by atoms with Crippen LogP contribution in [0.25, 0.3) is 10.7 Å². The third kappa shape index (κ3) is 1.95. The number of anilines is 1. The molecule has 2 rings (SSSR count). The topological polar surface area (TPSA) is 63.8 Å². The van der Waals surface area contributed by atoms with Crippen molar-refractivity contribution >= 4 is 33.1 Å². The second kappa shape index (κ2) is 4.48. The molecule has 0 bridgehead atoms. The van der Waals surface area contributed by atoms with E-state index in [0.29, 0.717) is 11.6 Å². The van der Waals surface area contributed by atoms with Crippen molar-refractivity contribution in [2.24, 2.45) is 5.84 Å². The molecule has 84 valence electrons. The van der Waals surface area contributed by atoms with Gasteiger partial charge in [-0.25, -0.2) is 15.8 Å². The summed E-state index contributed by atoms with van der Waals surface area (Å²) in [5.74, 6) is 6.79. The van der Waals surface area contributed by atoms with E-state index in [1.165, 1.54) is 0 Å². The minimum absolute atomic E-state index is 0.669. The van der Waals surface area contributed by atoms with Crippen LogP contribution >= 0.6 is 27.3 Å². The van der Waals surface area contributed by atoms with E-state index in [-0.39, 0.29) is 0 Å². The number of hydrogen-bond acceptors (Lipinski definition) is 5. The fourth-order valence-corrected chi connectivity index (χ4v) is 2.81. The summed E-state index contributed by atoms with van der Waals surface area (Å²) in [4.78, 5) is 9.86. The Kier molecular flexibility index (Phi) is 3.22. The van der Waals surface area contributed by atoms with Gasteiger partial charge in [-0.15, -0.1) is 11.3 Å². The van der Waals surface area contributed by atoms with Gasteiger partial charge >= 0.3 is 0 Å². The number of aromatic nitrogens is 2. The number of rotatable bonds is 2. The lowest BCUT2D eigenvalue weighted by Crippen LogP contribution is -2.12. The number of aryl methyl sites for hydroxylation is 1. The SMILES string of the molecule is Cc1nc(-c2sccc2Br)nc(NN)c1C. The van der Waals surface area contributed by atoms with Crippen LogP contribution < -0.4 is 11.3 Å². The van der Waals surface area contributed by atoms with Gasteiger partial charge in [0.2, 0.25) is 0 Å². The molecule has 2 aromatic heterocycles. The van der Waals surface area contributed by atoms with Crippen LogP contribution in [0.1, 0.15) is 11.3 Å². The van der Waals surface area contributed by atoms with Crippen LogP contribution in [0.15, 0.2) is 15.9 Å². The Morgan fingerprint density at radius 1 is 1.38 bits per heavy atom. The number of nitrogens with two attached hydrogens (primary N) is 1. The Labute approximate surface area is 106 Å². The minimum atomic E-state index is 0.669. The van der Waals surface area contributed by atoms with Gasteiger partial charge in [0.15, 0.2) is 5.82 Å². The number of halogens is 1. The number of nitrogen functional groups attached to an aromatic ring is 1. The van der Waals surface area contributed by atoms with Crippen molar-refractivity contribution in [3.63, 3.8) is 0 Å². The standard InChI is InChI=1S/C10H11BrN4S/c1-5-6(2)13-10(14-9(5)15-12)8-7(11)3-4-16-8/h3-4H,12H2,1-2H3,(H,13,14,15). The van der Waals surface area contributed by atoms with E-state index in [1.54, 1.807) is 11.3 Å². The average molecular weight is 299 g/mol. The molecular weight excluding hydrogens is 288 g/mol. The second-order valence-electron chi connectivity index (χ2n) is 3.35. The molecule has 4 nitrogen and oxygen atoms in total. The molecule has 0 spiro atoms. The summed E-state index contributed by atoms with van der Waals surface area (Å²) >= 11 is 5.07. The summed E-state index contributed by atoms with van der Waals surface area (Å²) in [5, 5.41) is 1.99. The Morgan fingerprint density at radius 3 is 2.69 bits per heavy atom. The summed E-state index contributed by atoms with van der Waals surface area (Å²) in [6.45, 7) is 3.89.